The fraction of sp³-hybridized carbons (Fsp3) is 0.250. The molecule has 3 rings (SSSR count). The van der Waals surface area contributed by atoms with Crippen molar-refractivity contribution < 1.29 is 0 Å². The predicted octanol–water partition coefficient (Wildman–Crippen LogP) is 3.55. The summed E-state index contributed by atoms with van der Waals surface area (Å²) in [5.41, 5.74) is 9.63. The highest BCUT2D eigenvalue weighted by molar-refractivity contribution is 7.11. The Hall–Kier alpha value is -1.78. The van der Waals surface area contributed by atoms with Gasteiger partial charge in [-0.3, -0.25) is 4.98 Å². The van der Waals surface area contributed by atoms with Crippen molar-refractivity contribution in [3.05, 3.63) is 57.7 Å². The first-order valence-electron chi connectivity index (χ1n) is 6.67. The molecule has 2 N–H and O–H groups in total. The van der Waals surface area contributed by atoms with Gasteiger partial charge >= 0.3 is 0 Å². The van der Waals surface area contributed by atoms with Crippen LogP contribution in [-0.4, -0.2) is 9.97 Å². The average Bonchev–Trinajstić information content (AvgIpc) is 2.76. The highest BCUT2D eigenvalue weighted by Gasteiger charge is 2.13. The number of thiazole rings is 1. The molecule has 0 bridgehead atoms. The normalized spacial score (nSPS) is 12.8. The maximum Gasteiger partial charge on any atom is 0.0949 e. The second-order valence-corrected chi connectivity index (χ2v) is 6.26. The summed E-state index contributed by atoms with van der Waals surface area (Å²) >= 11 is 1.74. The summed E-state index contributed by atoms with van der Waals surface area (Å²) in [6, 6.07) is 10.1. The molecule has 0 aliphatic rings. The standard InChI is InChI=1S/C16H17N3S/c1-10-11(2)20-16(19-10)9-14(17)12-5-3-7-15-13(12)6-4-8-18-15/h3-8,14H,9,17H2,1-2H3. The van der Waals surface area contributed by atoms with Crippen molar-refractivity contribution in [3.8, 4) is 0 Å². The highest BCUT2D eigenvalue weighted by atomic mass is 32.1. The van der Waals surface area contributed by atoms with E-state index in [0.29, 0.717) is 0 Å². The molecule has 0 saturated heterocycles. The molecule has 2 aromatic heterocycles. The molecule has 0 saturated carbocycles. The molecule has 0 fully saturated rings. The van der Waals surface area contributed by atoms with Crippen LogP contribution >= 0.6 is 11.3 Å². The van der Waals surface area contributed by atoms with Gasteiger partial charge < -0.3 is 5.73 Å². The summed E-state index contributed by atoms with van der Waals surface area (Å²) in [6.45, 7) is 4.15. The smallest absolute Gasteiger partial charge is 0.0949 e. The number of hydrogen-bond acceptors (Lipinski definition) is 4. The third-order valence-corrected chi connectivity index (χ3v) is 4.64. The van der Waals surface area contributed by atoms with Crippen molar-refractivity contribution in [3.63, 3.8) is 0 Å². The Balaban J connectivity index is 1.94. The first-order chi connectivity index (χ1) is 9.65. The lowest BCUT2D eigenvalue weighted by molar-refractivity contribution is 0.722. The second-order valence-electron chi connectivity index (χ2n) is 4.98. The van der Waals surface area contributed by atoms with E-state index in [1.807, 2.05) is 31.3 Å². The lowest BCUT2D eigenvalue weighted by Crippen LogP contribution is -2.13. The van der Waals surface area contributed by atoms with Crippen molar-refractivity contribution >= 4 is 22.2 Å². The van der Waals surface area contributed by atoms with E-state index in [4.69, 9.17) is 5.73 Å². The van der Waals surface area contributed by atoms with Crippen molar-refractivity contribution in [1.82, 2.24) is 9.97 Å². The molecule has 0 aliphatic carbocycles. The zero-order valence-electron chi connectivity index (χ0n) is 11.6. The van der Waals surface area contributed by atoms with E-state index in [9.17, 15) is 0 Å². The number of rotatable bonds is 3. The Morgan fingerprint density at radius 3 is 2.80 bits per heavy atom. The minimum Gasteiger partial charge on any atom is -0.324 e. The zero-order valence-corrected chi connectivity index (χ0v) is 12.4. The zero-order chi connectivity index (χ0) is 14.1. The minimum atomic E-state index is -0.0483. The average molecular weight is 283 g/mol. The van der Waals surface area contributed by atoms with Crippen LogP contribution in [0.3, 0.4) is 0 Å². The molecule has 3 aromatic rings. The Bertz CT molecular complexity index is 724. The SMILES string of the molecule is Cc1nc(CC(N)c2cccc3ncccc23)sc1C. The van der Waals surface area contributed by atoms with Gasteiger partial charge in [-0.25, -0.2) is 4.98 Å². The third-order valence-electron chi connectivity index (χ3n) is 3.55. The largest absolute Gasteiger partial charge is 0.324 e. The van der Waals surface area contributed by atoms with E-state index in [1.54, 1.807) is 11.3 Å². The maximum absolute atomic E-state index is 6.39. The minimum absolute atomic E-state index is 0.0483. The Morgan fingerprint density at radius 1 is 1.20 bits per heavy atom. The lowest BCUT2D eigenvalue weighted by Gasteiger charge is -2.13. The monoisotopic (exact) mass is 283 g/mol. The lowest BCUT2D eigenvalue weighted by atomic mass is 10.00. The fourth-order valence-electron chi connectivity index (χ4n) is 2.38. The van der Waals surface area contributed by atoms with Crippen LogP contribution in [0.5, 0.6) is 0 Å². The van der Waals surface area contributed by atoms with Gasteiger partial charge in [0, 0.05) is 28.9 Å². The van der Waals surface area contributed by atoms with Crippen molar-refractivity contribution in [2.24, 2.45) is 5.73 Å². The molecule has 102 valence electrons. The van der Waals surface area contributed by atoms with Crippen LogP contribution in [0.25, 0.3) is 10.9 Å². The number of pyridine rings is 1. The van der Waals surface area contributed by atoms with Gasteiger partial charge in [0.1, 0.15) is 0 Å². The van der Waals surface area contributed by atoms with Crippen LogP contribution in [0.1, 0.15) is 27.2 Å². The number of nitrogens with zero attached hydrogens (tertiary/aromatic N) is 2. The number of benzene rings is 1. The van der Waals surface area contributed by atoms with E-state index in [0.717, 1.165) is 33.6 Å². The van der Waals surface area contributed by atoms with Gasteiger partial charge in [0.15, 0.2) is 0 Å². The van der Waals surface area contributed by atoms with Crippen LogP contribution < -0.4 is 5.73 Å². The van der Waals surface area contributed by atoms with E-state index in [1.165, 1.54) is 4.88 Å². The molecule has 4 heteroatoms. The van der Waals surface area contributed by atoms with Gasteiger partial charge in [0.2, 0.25) is 0 Å². The molecule has 0 amide bonds. The number of hydrogen-bond donors (Lipinski definition) is 1. The number of fused-ring (bicyclic) bond motifs is 1. The first kappa shape index (κ1) is 13.2. The molecule has 3 nitrogen and oxygen atoms in total. The molecular weight excluding hydrogens is 266 g/mol. The summed E-state index contributed by atoms with van der Waals surface area (Å²) in [5.74, 6) is 0. The molecular formula is C16H17N3S. The number of nitrogens with two attached hydrogens (primary N) is 1. The van der Waals surface area contributed by atoms with Crippen molar-refractivity contribution in [2.75, 3.05) is 0 Å². The number of aromatic nitrogens is 2. The number of aryl methyl sites for hydroxylation is 2. The molecule has 0 spiro atoms. The molecule has 0 radical (unpaired) electrons. The molecule has 1 unspecified atom stereocenters. The van der Waals surface area contributed by atoms with Crippen LogP contribution in [0, 0.1) is 13.8 Å². The topological polar surface area (TPSA) is 51.8 Å². The quantitative estimate of drug-likeness (QED) is 0.799. The molecule has 20 heavy (non-hydrogen) atoms. The summed E-state index contributed by atoms with van der Waals surface area (Å²) < 4.78 is 0. The van der Waals surface area contributed by atoms with Gasteiger partial charge in [0.05, 0.1) is 16.2 Å². The van der Waals surface area contributed by atoms with Crippen molar-refractivity contribution in [2.45, 2.75) is 26.3 Å². The summed E-state index contributed by atoms with van der Waals surface area (Å²) in [6.07, 6.45) is 2.58. The Kier molecular flexibility index (Phi) is 3.51. The Labute approximate surface area is 122 Å². The van der Waals surface area contributed by atoms with E-state index in [2.05, 4.69) is 29.0 Å². The van der Waals surface area contributed by atoms with Gasteiger partial charge in [-0.15, -0.1) is 11.3 Å². The van der Waals surface area contributed by atoms with Crippen LogP contribution in [0.2, 0.25) is 0 Å². The van der Waals surface area contributed by atoms with Crippen molar-refractivity contribution in [1.29, 1.82) is 0 Å². The summed E-state index contributed by atoms with van der Waals surface area (Å²) in [4.78, 5) is 10.2. The summed E-state index contributed by atoms with van der Waals surface area (Å²) in [5, 5.41) is 2.24. The van der Waals surface area contributed by atoms with Gasteiger partial charge in [-0.2, -0.15) is 0 Å². The van der Waals surface area contributed by atoms with Crippen LogP contribution in [0.4, 0.5) is 0 Å². The fourth-order valence-corrected chi connectivity index (χ4v) is 3.37. The van der Waals surface area contributed by atoms with Gasteiger partial charge in [-0.1, -0.05) is 18.2 Å². The predicted molar refractivity (Wildman–Crippen MR) is 84.0 cm³/mol. The summed E-state index contributed by atoms with van der Waals surface area (Å²) in [7, 11) is 0. The molecule has 1 atom stereocenters. The van der Waals surface area contributed by atoms with E-state index in [-0.39, 0.29) is 6.04 Å². The molecule has 0 aliphatic heterocycles. The van der Waals surface area contributed by atoms with Crippen LogP contribution in [-0.2, 0) is 6.42 Å². The molecule has 1 aromatic carbocycles. The molecule has 2 heterocycles. The second kappa shape index (κ2) is 5.31. The van der Waals surface area contributed by atoms with E-state index < -0.39 is 0 Å². The Morgan fingerprint density at radius 2 is 2.05 bits per heavy atom. The van der Waals surface area contributed by atoms with Gasteiger partial charge in [-0.05, 0) is 31.5 Å². The highest BCUT2D eigenvalue weighted by Crippen LogP contribution is 2.26. The van der Waals surface area contributed by atoms with E-state index >= 15 is 0 Å². The van der Waals surface area contributed by atoms with Gasteiger partial charge in [0.25, 0.3) is 0 Å². The maximum atomic E-state index is 6.39. The first-order valence-corrected chi connectivity index (χ1v) is 7.49. The van der Waals surface area contributed by atoms with Crippen LogP contribution in [0.15, 0.2) is 36.5 Å². The third kappa shape index (κ3) is 2.44.